The highest BCUT2D eigenvalue weighted by atomic mass is 16.5. The van der Waals surface area contributed by atoms with Crippen LogP contribution in [0.5, 0.6) is 0 Å². The van der Waals surface area contributed by atoms with E-state index in [2.05, 4.69) is 22.1 Å². The van der Waals surface area contributed by atoms with Crippen molar-refractivity contribution in [3.8, 4) is 0 Å². The first-order valence-electron chi connectivity index (χ1n) is 12.1. The molecule has 2 heterocycles. The highest BCUT2D eigenvalue weighted by molar-refractivity contribution is 5.95. The molecule has 188 valence electrons. The summed E-state index contributed by atoms with van der Waals surface area (Å²) in [6, 6.07) is 11.6. The van der Waals surface area contributed by atoms with Crippen LogP contribution in [0.1, 0.15) is 46.5 Å². The van der Waals surface area contributed by atoms with Gasteiger partial charge in [-0.3, -0.25) is 14.7 Å². The number of hydrogen-bond donors (Lipinski definition) is 2. The Morgan fingerprint density at radius 3 is 2.46 bits per heavy atom. The van der Waals surface area contributed by atoms with Crippen molar-refractivity contribution in [2.45, 2.75) is 40.2 Å². The fraction of sp³-hybridized carbons (Fsp3) is 0.423. The van der Waals surface area contributed by atoms with Gasteiger partial charge in [-0.25, -0.2) is 10.6 Å². The van der Waals surface area contributed by atoms with E-state index in [1.165, 1.54) is 16.9 Å². The van der Waals surface area contributed by atoms with Crippen molar-refractivity contribution in [2.75, 3.05) is 37.7 Å². The fourth-order valence-corrected chi connectivity index (χ4v) is 4.43. The summed E-state index contributed by atoms with van der Waals surface area (Å²) < 4.78 is 5.15. The molecule has 2 aromatic carbocycles. The number of cyclic esters (lactones) is 1. The van der Waals surface area contributed by atoms with Gasteiger partial charge in [0.05, 0.1) is 17.7 Å². The normalized spacial score (nSPS) is 15.4. The molecule has 0 spiro atoms. The molecule has 0 radical (unpaired) electrons. The molecule has 1 amide bonds. The number of rotatable bonds is 7. The van der Waals surface area contributed by atoms with Crippen molar-refractivity contribution in [2.24, 2.45) is 16.8 Å². The van der Waals surface area contributed by atoms with E-state index in [4.69, 9.17) is 16.4 Å². The molecule has 0 atom stereocenters. The molecule has 2 aliphatic heterocycles. The second kappa shape index (κ2) is 12.3. The summed E-state index contributed by atoms with van der Waals surface area (Å²) in [7, 11) is 0. The number of ether oxygens (including phenoxy) is 1. The summed E-state index contributed by atoms with van der Waals surface area (Å²) in [6.07, 6.45) is 2.60. The second-order valence-electron chi connectivity index (χ2n) is 8.51. The quantitative estimate of drug-likeness (QED) is 0.205. The number of benzene rings is 2. The molecule has 0 unspecified atom stereocenters. The molecular weight excluding hydrogens is 444 g/mol. The van der Waals surface area contributed by atoms with E-state index in [-0.39, 0.29) is 11.9 Å². The van der Waals surface area contributed by atoms with Crippen molar-refractivity contribution in [1.82, 2.24) is 9.80 Å². The largest absolute Gasteiger partial charge is 0.457 e. The van der Waals surface area contributed by atoms with Crippen LogP contribution in [0.2, 0.25) is 0 Å². The molecule has 4 N–H and O–H groups in total. The lowest BCUT2D eigenvalue weighted by Crippen LogP contribution is -2.49. The summed E-state index contributed by atoms with van der Waals surface area (Å²) in [4.78, 5) is 28.9. The van der Waals surface area contributed by atoms with E-state index in [1.54, 1.807) is 0 Å². The smallest absolute Gasteiger partial charge is 0.339 e. The van der Waals surface area contributed by atoms with Crippen LogP contribution in [-0.4, -0.2) is 60.7 Å². The Kier molecular flexibility index (Phi) is 9.22. The van der Waals surface area contributed by atoms with Crippen molar-refractivity contribution < 1.29 is 14.3 Å². The number of nitrogens with two attached hydrogens (primary N) is 2. The molecule has 4 rings (SSSR count). The first kappa shape index (κ1) is 26.2. The van der Waals surface area contributed by atoms with Gasteiger partial charge >= 0.3 is 5.97 Å². The van der Waals surface area contributed by atoms with Gasteiger partial charge in [0, 0.05) is 38.3 Å². The van der Waals surface area contributed by atoms with Crippen LogP contribution >= 0.6 is 0 Å². The van der Waals surface area contributed by atoms with Gasteiger partial charge in [-0.1, -0.05) is 38.1 Å². The molecule has 2 aliphatic rings. The molecule has 0 aliphatic carbocycles. The standard InChI is InChI=1S/C24H30N6O3.C2H6/c1-17-12-19(13-20-15-33-24(32)23(17)20)6-7-28-8-10-29(11-9-28)22(31)14-18-2-4-21(5-3-18)30(26)16-27-25;1-2/h2-5,12-13,16H,6-11,14-15,25-26H2,1H3;1-2H3/b27-16-;. The van der Waals surface area contributed by atoms with Crippen LogP contribution < -0.4 is 16.7 Å². The number of amides is 1. The molecule has 0 bridgehead atoms. The number of carbonyl (C=O) groups excluding carboxylic acids is 2. The van der Waals surface area contributed by atoms with Crippen LogP contribution in [0.15, 0.2) is 41.5 Å². The topological polar surface area (TPSA) is 117 Å². The van der Waals surface area contributed by atoms with E-state index < -0.39 is 0 Å². The van der Waals surface area contributed by atoms with Crippen LogP contribution in [0.3, 0.4) is 0 Å². The van der Waals surface area contributed by atoms with Gasteiger partial charge in [0.1, 0.15) is 12.9 Å². The number of anilines is 1. The highest BCUT2D eigenvalue weighted by Gasteiger charge is 2.24. The van der Waals surface area contributed by atoms with Crippen LogP contribution in [0, 0.1) is 6.92 Å². The molecule has 0 saturated carbocycles. The molecule has 2 aromatic rings. The molecule has 35 heavy (non-hydrogen) atoms. The van der Waals surface area contributed by atoms with Crippen molar-refractivity contribution >= 4 is 23.9 Å². The summed E-state index contributed by atoms with van der Waals surface area (Å²) in [5, 5.41) is 4.72. The number of aryl methyl sites for hydroxylation is 1. The van der Waals surface area contributed by atoms with Gasteiger partial charge in [0.25, 0.3) is 0 Å². The third-order valence-electron chi connectivity index (χ3n) is 6.26. The second-order valence-corrected chi connectivity index (χ2v) is 8.51. The molecule has 1 saturated heterocycles. The first-order valence-corrected chi connectivity index (χ1v) is 12.1. The van der Waals surface area contributed by atoms with E-state index in [9.17, 15) is 9.59 Å². The summed E-state index contributed by atoms with van der Waals surface area (Å²) in [5.41, 5.74) is 5.61. The minimum Gasteiger partial charge on any atom is -0.457 e. The lowest BCUT2D eigenvalue weighted by atomic mass is 9.98. The number of esters is 1. The van der Waals surface area contributed by atoms with Crippen molar-refractivity contribution in [1.29, 1.82) is 0 Å². The van der Waals surface area contributed by atoms with Gasteiger partial charge in [0.2, 0.25) is 5.91 Å². The maximum absolute atomic E-state index is 12.7. The molecule has 0 aromatic heterocycles. The molecule has 9 heteroatoms. The predicted molar refractivity (Wildman–Crippen MR) is 138 cm³/mol. The third kappa shape index (κ3) is 6.58. The van der Waals surface area contributed by atoms with E-state index >= 15 is 0 Å². The highest BCUT2D eigenvalue weighted by Crippen LogP contribution is 2.25. The molecular formula is C26H36N6O3. The monoisotopic (exact) mass is 480 g/mol. The van der Waals surface area contributed by atoms with E-state index in [0.29, 0.717) is 13.0 Å². The van der Waals surface area contributed by atoms with Gasteiger partial charge in [0.15, 0.2) is 0 Å². The summed E-state index contributed by atoms with van der Waals surface area (Å²) >= 11 is 0. The lowest BCUT2D eigenvalue weighted by Gasteiger charge is -2.35. The Morgan fingerprint density at radius 2 is 1.80 bits per heavy atom. The number of nitrogens with zero attached hydrogens (tertiary/aromatic N) is 4. The van der Waals surface area contributed by atoms with Gasteiger partial charge < -0.3 is 15.5 Å². The maximum atomic E-state index is 12.7. The number of hydrazine groups is 1. The van der Waals surface area contributed by atoms with Gasteiger partial charge in [-0.15, -0.1) is 0 Å². The number of hydrogen-bond acceptors (Lipinski definition) is 7. The van der Waals surface area contributed by atoms with Gasteiger partial charge in [-0.05, 0) is 42.2 Å². The zero-order valence-corrected chi connectivity index (χ0v) is 20.9. The van der Waals surface area contributed by atoms with E-state index in [0.717, 1.165) is 67.1 Å². The van der Waals surface area contributed by atoms with Gasteiger partial charge in [-0.2, -0.15) is 5.10 Å². The summed E-state index contributed by atoms with van der Waals surface area (Å²) in [6.45, 7) is 10.4. The number of carbonyl (C=O) groups is 2. The lowest BCUT2D eigenvalue weighted by molar-refractivity contribution is -0.132. The maximum Gasteiger partial charge on any atom is 0.339 e. The average Bonchev–Trinajstić information content (AvgIpc) is 3.26. The Labute approximate surface area is 207 Å². The number of hydrazone groups is 1. The van der Waals surface area contributed by atoms with Crippen LogP contribution in [0.4, 0.5) is 5.69 Å². The van der Waals surface area contributed by atoms with E-state index in [1.807, 2.05) is 49.9 Å². The number of fused-ring (bicyclic) bond motifs is 1. The van der Waals surface area contributed by atoms with Crippen LogP contribution in [-0.2, 0) is 29.0 Å². The Hall–Kier alpha value is -3.43. The van der Waals surface area contributed by atoms with Crippen LogP contribution in [0.25, 0.3) is 0 Å². The average molecular weight is 481 g/mol. The molecule has 9 nitrogen and oxygen atoms in total. The minimum absolute atomic E-state index is 0.134. The Bertz CT molecular complexity index is 1050. The predicted octanol–water partition coefficient (Wildman–Crippen LogP) is 2.20. The Balaban J connectivity index is 0.00000167. The minimum atomic E-state index is -0.215. The Morgan fingerprint density at radius 1 is 1.11 bits per heavy atom. The van der Waals surface area contributed by atoms with Crippen molar-refractivity contribution in [3.63, 3.8) is 0 Å². The number of piperazine rings is 1. The zero-order valence-electron chi connectivity index (χ0n) is 20.9. The van der Waals surface area contributed by atoms with Crippen molar-refractivity contribution in [3.05, 3.63) is 64.2 Å². The first-order chi connectivity index (χ1) is 16.9. The zero-order chi connectivity index (χ0) is 25.4. The molecule has 1 fully saturated rings. The fourth-order valence-electron chi connectivity index (χ4n) is 4.43. The SMILES string of the molecule is CC.Cc1cc(CCN2CCN(C(=O)Cc3ccc(N(N)/C=N\N)cc3)CC2)cc2c1C(=O)OC2. The third-order valence-corrected chi connectivity index (χ3v) is 6.26. The summed E-state index contributed by atoms with van der Waals surface area (Å²) in [5.74, 6) is 10.8.